The van der Waals surface area contributed by atoms with Crippen molar-refractivity contribution in [2.75, 3.05) is 0 Å². The van der Waals surface area contributed by atoms with Gasteiger partial charge in [-0.1, -0.05) is 103 Å². The summed E-state index contributed by atoms with van der Waals surface area (Å²) in [6.07, 6.45) is 0.397. The average Bonchev–Trinajstić information content (AvgIpc) is 2.88. The minimum Gasteiger partial charge on any atom is -0.386 e. The van der Waals surface area contributed by atoms with Gasteiger partial charge >= 0.3 is 0 Å². The monoisotopic (exact) mass is 444 g/mol. The van der Waals surface area contributed by atoms with Crippen LogP contribution < -0.4 is 0 Å². The van der Waals surface area contributed by atoms with Gasteiger partial charge in [-0.25, -0.2) is 0 Å². The highest BCUT2D eigenvalue weighted by molar-refractivity contribution is 5.16. The highest BCUT2D eigenvalue weighted by Gasteiger charge is 2.34. The van der Waals surface area contributed by atoms with Gasteiger partial charge in [-0.15, -0.1) is 13.2 Å². The van der Waals surface area contributed by atoms with Gasteiger partial charge in [0.2, 0.25) is 0 Å². The van der Waals surface area contributed by atoms with E-state index in [-0.39, 0.29) is 0 Å². The van der Waals surface area contributed by atoms with Gasteiger partial charge in [0.25, 0.3) is 0 Å². The van der Waals surface area contributed by atoms with E-state index in [1.807, 2.05) is 91.0 Å². The van der Waals surface area contributed by atoms with Crippen molar-refractivity contribution >= 4 is 0 Å². The van der Waals surface area contributed by atoms with Crippen LogP contribution in [0, 0.1) is 0 Å². The van der Waals surface area contributed by atoms with Gasteiger partial charge < -0.3 is 19.3 Å². The van der Waals surface area contributed by atoms with Crippen molar-refractivity contribution in [2.24, 2.45) is 0 Å². The van der Waals surface area contributed by atoms with Gasteiger partial charge in [0.05, 0.1) is 19.8 Å². The van der Waals surface area contributed by atoms with E-state index in [4.69, 9.17) is 14.2 Å². The molecular weight excluding hydrogens is 412 g/mol. The summed E-state index contributed by atoms with van der Waals surface area (Å²) >= 11 is 0. The van der Waals surface area contributed by atoms with Gasteiger partial charge in [-0.2, -0.15) is 0 Å². The minimum absolute atomic E-state index is 0.324. The van der Waals surface area contributed by atoms with E-state index >= 15 is 0 Å². The SMILES string of the molecule is C=CC(O)[C@H](OCc1ccccc1)[C@@H](OCc1ccccc1)[C@@H](C=C)OCc1ccccc1. The van der Waals surface area contributed by atoms with Crippen molar-refractivity contribution < 1.29 is 19.3 Å². The quantitative estimate of drug-likeness (QED) is 0.335. The molecule has 4 atom stereocenters. The summed E-state index contributed by atoms with van der Waals surface area (Å²) in [4.78, 5) is 0. The molecule has 0 saturated heterocycles. The first-order valence-electron chi connectivity index (χ1n) is 11.1. The maximum Gasteiger partial charge on any atom is 0.117 e. The fraction of sp³-hybridized carbons (Fsp3) is 0.241. The Morgan fingerprint density at radius 2 is 0.970 bits per heavy atom. The summed E-state index contributed by atoms with van der Waals surface area (Å²) in [5.41, 5.74) is 3.06. The molecule has 4 nitrogen and oxygen atoms in total. The van der Waals surface area contributed by atoms with Crippen LogP contribution in [-0.4, -0.2) is 29.5 Å². The van der Waals surface area contributed by atoms with E-state index in [0.29, 0.717) is 19.8 Å². The molecule has 4 heteroatoms. The van der Waals surface area contributed by atoms with Crippen LogP contribution in [0.25, 0.3) is 0 Å². The van der Waals surface area contributed by atoms with Crippen molar-refractivity contribution in [3.63, 3.8) is 0 Å². The largest absolute Gasteiger partial charge is 0.386 e. The first kappa shape index (κ1) is 24.6. The number of benzene rings is 3. The average molecular weight is 445 g/mol. The Bertz CT molecular complexity index is 943. The lowest BCUT2D eigenvalue weighted by atomic mass is 10.0. The molecule has 0 saturated carbocycles. The fourth-order valence-corrected chi connectivity index (χ4v) is 3.50. The molecule has 0 heterocycles. The Morgan fingerprint density at radius 3 is 1.36 bits per heavy atom. The van der Waals surface area contributed by atoms with Crippen LogP contribution in [0.15, 0.2) is 116 Å². The van der Waals surface area contributed by atoms with Crippen LogP contribution in [0.5, 0.6) is 0 Å². The van der Waals surface area contributed by atoms with Crippen molar-refractivity contribution in [3.8, 4) is 0 Å². The zero-order valence-electron chi connectivity index (χ0n) is 18.8. The molecule has 0 spiro atoms. The van der Waals surface area contributed by atoms with E-state index in [0.717, 1.165) is 16.7 Å². The van der Waals surface area contributed by atoms with Gasteiger partial charge in [-0.3, -0.25) is 0 Å². The molecular formula is C29H32O4. The Balaban J connectivity index is 1.80. The van der Waals surface area contributed by atoms with Gasteiger partial charge in [-0.05, 0) is 16.7 Å². The molecule has 0 bridgehead atoms. The summed E-state index contributed by atoms with van der Waals surface area (Å²) in [5, 5.41) is 10.8. The Hall–Kier alpha value is -3.02. The van der Waals surface area contributed by atoms with Gasteiger partial charge in [0.1, 0.15) is 24.4 Å². The van der Waals surface area contributed by atoms with Crippen molar-refractivity contribution in [2.45, 2.75) is 44.2 Å². The Labute approximate surface area is 196 Å². The lowest BCUT2D eigenvalue weighted by Crippen LogP contribution is -2.47. The molecule has 3 aromatic rings. The smallest absolute Gasteiger partial charge is 0.117 e. The number of aliphatic hydroxyl groups excluding tert-OH is 1. The topological polar surface area (TPSA) is 47.9 Å². The molecule has 0 radical (unpaired) electrons. The van der Waals surface area contributed by atoms with Crippen molar-refractivity contribution in [3.05, 3.63) is 133 Å². The Kier molecular flexibility index (Phi) is 10.1. The number of hydrogen-bond donors (Lipinski definition) is 1. The van der Waals surface area contributed by atoms with Crippen LogP contribution in [0.2, 0.25) is 0 Å². The van der Waals surface area contributed by atoms with Crippen LogP contribution in [-0.2, 0) is 34.0 Å². The third-order valence-corrected chi connectivity index (χ3v) is 5.31. The molecule has 0 fully saturated rings. The molecule has 1 N–H and O–H groups in total. The second-order valence-electron chi connectivity index (χ2n) is 7.75. The molecule has 3 rings (SSSR count). The van der Waals surface area contributed by atoms with E-state index in [1.54, 1.807) is 6.08 Å². The van der Waals surface area contributed by atoms with E-state index in [9.17, 15) is 5.11 Å². The summed E-state index contributed by atoms with van der Waals surface area (Å²) in [6.45, 7) is 8.79. The standard InChI is InChI=1S/C29H32O4/c1-3-26(30)28(32-21-24-16-10-6-11-17-24)29(33-22-25-18-12-7-13-19-25)27(4-2)31-20-23-14-8-5-9-15-23/h3-19,26-30H,1-2,20-22H2/t26?,27-,28+,29+/m1/s1. The summed E-state index contributed by atoms with van der Waals surface area (Å²) in [6, 6.07) is 29.6. The van der Waals surface area contributed by atoms with Crippen molar-refractivity contribution in [1.29, 1.82) is 0 Å². The lowest BCUT2D eigenvalue weighted by Gasteiger charge is -2.34. The maximum absolute atomic E-state index is 10.8. The molecule has 1 unspecified atom stereocenters. The molecule has 0 aliphatic rings. The van der Waals surface area contributed by atoms with Crippen LogP contribution >= 0.6 is 0 Å². The molecule has 3 aromatic carbocycles. The minimum atomic E-state index is -0.947. The predicted octanol–water partition coefficient (Wildman–Crippen LogP) is 5.48. The zero-order chi connectivity index (χ0) is 23.3. The first-order valence-corrected chi connectivity index (χ1v) is 11.1. The highest BCUT2D eigenvalue weighted by Crippen LogP contribution is 2.22. The first-order chi connectivity index (χ1) is 16.2. The molecule has 0 aromatic heterocycles. The fourth-order valence-electron chi connectivity index (χ4n) is 3.50. The van der Waals surface area contributed by atoms with E-state index in [2.05, 4.69) is 13.2 Å². The van der Waals surface area contributed by atoms with Gasteiger partial charge in [0.15, 0.2) is 0 Å². The third-order valence-electron chi connectivity index (χ3n) is 5.31. The van der Waals surface area contributed by atoms with Crippen LogP contribution in [0.3, 0.4) is 0 Å². The highest BCUT2D eigenvalue weighted by atomic mass is 16.6. The molecule has 0 aliphatic heterocycles. The lowest BCUT2D eigenvalue weighted by molar-refractivity contribution is -0.161. The second kappa shape index (κ2) is 13.5. The van der Waals surface area contributed by atoms with Crippen molar-refractivity contribution in [1.82, 2.24) is 0 Å². The van der Waals surface area contributed by atoms with Crippen LogP contribution in [0.1, 0.15) is 16.7 Å². The molecule has 0 amide bonds. The number of aliphatic hydroxyl groups is 1. The predicted molar refractivity (Wildman–Crippen MR) is 131 cm³/mol. The molecule has 172 valence electrons. The van der Waals surface area contributed by atoms with E-state index in [1.165, 1.54) is 6.08 Å². The third kappa shape index (κ3) is 7.81. The summed E-state index contributed by atoms with van der Waals surface area (Å²) in [5.74, 6) is 0. The second-order valence-corrected chi connectivity index (χ2v) is 7.75. The van der Waals surface area contributed by atoms with E-state index < -0.39 is 24.4 Å². The number of hydrogen-bond acceptors (Lipinski definition) is 4. The van der Waals surface area contributed by atoms with Gasteiger partial charge in [0, 0.05) is 0 Å². The Morgan fingerprint density at radius 1 is 0.576 bits per heavy atom. The maximum atomic E-state index is 10.8. The molecule has 33 heavy (non-hydrogen) atoms. The molecule has 0 aliphatic carbocycles. The van der Waals surface area contributed by atoms with Crippen LogP contribution in [0.4, 0.5) is 0 Å². The number of rotatable bonds is 14. The normalized spacial score (nSPS) is 14.7. The zero-order valence-corrected chi connectivity index (χ0v) is 18.8. The summed E-state index contributed by atoms with van der Waals surface area (Å²) < 4.78 is 18.7. The summed E-state index contributed by atoms with van der Waals surface area (Å²) in [7, 11) is 0. The number of ether oxygens (including phenoxy) is 3.